The Bertz CT molecular complexity index is 822. The molecule has 6 nitrogen and oxygen atoms in total. The van der Waals surface area contributed by atoms with E-state index in [1.54, 1.807) is 0 Å². The summed E-state index contributed by atoms with van der Waals surface area (Å²) in [5.41, 5.74) is 0. The van der Waals surface area contributed by atoms with Crippen molar-refractivity contribution in [3.8, 4) is 0 Å². The maximum absolute atomic E-state index is 12.4. The predicted molar refractivity (Wildman–Crippen MR) is 250 cm³/mol. The number of esters is 1. The van der Waals surface area contributed by atoms with Gasteiger partial charge in [0.2, 0.25) is 5.91 Å². The fourth-order valence-electron chi connectivity index (χ4n) is 8.35. The molecule has 0 spiro atoms. The molecular formula is C52H103NO5. The van der Waals surface area contributed by atoms with Crippen LogP contribution in [0.15, 0.2) is 0 Å². The van der Waals surface area contributed by atoms with Gasteiger partial charge in [-0.15, -0.1) is 0 Å². The van der Waals surface area contributed by atoms with Crippen molar-refractivity contribution in [3.63, 3.8) is 0 Å². The van der Waals surface area contributed by atoms with Crippen molar-refractivity contribution >= 4 is 11.9 Å². The smallest absolute Gasteiger partial charge is 0.305 e. The van der Waals surface area contributed by atoms with E-state index in [-0.39, 0.29) is 18.5 Å². The average molecular weight is 822 g/mol. The summed E-state index contributed by atoms with van der Waals surface area (Å²) in [5, 5.41) is 23.2. The number of hydrogen-bond acceptors (Lipinski definition) is 5. The van der Waals surface area contributed by atoms with Gasteiger partial charge in [0.1, 0.15) is 0 Å². The third-order valence-electron chi connectivity index (χ3n) is 12.4. The first kappa shape index (κ1) is 56.9. The Morgan fingerprint density at radius 1 is 0.414 bits per heavy atom. The van der Waals surface area contributed by atoms with Gasteiger partial charge in [0, 0.05) is 12.8 Å². The molecule has 0 bridgehead atoms. The Morgan fingerprint density at radius 2 is 0.707 bits per heavy atom. The fraction of sp³-hybridized carbons (Fsp3) is 0.962. The van der Waals surface area contributed by atoms with E-state index >= 15 is 0 Å². The lowest BCUT2D eigenvalue weighted by Crippen LogP contribution is -2.45. The normalized spacial score (nSPS) is 12.6. The van der Waals surface area contributed by atoms with E-state index in [0.717, 1.165) is 51.4 Å². The molecule has 2 unspecified atom stereocenters. The molecule has 0 aliphatic rings. The molecule has 0 aliphatic carbocycles. The van der Waals surface area contributed by atoms with Crippen LogP contribution in [0.3, 0.4) is 0 Å². The highest BCUT2D eigenvalue weighted by atomic mass is 16.5. The van der Waals surface area contributed by atoms with E-state index in [2.05, 4.69) is 19.2 Å². The van der Waals surface area contributed by atoms with Crippen LogP contribution in [0, 0.1) is 0 Å². The highest BCUT2D eigenvalue weighted by Crippen LogP contribution is 2.17. The second-order valence-electron chi connectivity index (χ2n) is 18.2. The van der Waals surface area contributed by atoms with Gasteiger partial charge in [-0.3, -0.25) is 9.59 Å². The molecule has 0 aliphatic heterocycles. The lowest BCUT2D eigenvalue weighted by Gasteiger charge is -2.22. The van der Waals surface area contributed by atoms with Crippen molar-refractivity contribution in [1.29, 1.82) is 0 Å². The first-order valence-electron chi connectivity index (χ1n) is 26.3. The van der Waals surface area contributed by atoms with Crippen molar-refractivity contribution in [2.45, 2.75) is 309 Å². The van der Waals surface area contributed by atoms with Crippen LogP contribution in [-0.4, -0.2) is 47.4 Å². The molecule has 0 fully saturated rings. The number of aliphatic hydroxyl groups is 2. The summed E-state index contributed by atoms with van der Waals surface area (Å²) in [6, 6.07) is -0.548. The number of carbonyl (C=O) groups excluding carboxylic acids is 2. The summed E-state index contributed by atoms with van der Waals surface area (Å²) >= 11 is 0. The molecule has 0 aromatic carbocycles. The highest BCUT2D eigenvalue weighted by Gasteiger charge is 2.20. The molecule has 0 saturated carbocycles. The van der Waals surface area contributed by atoms with E-state index in [4.69, 9.17) is 4.74 Å². The number of rotatable bonds is 49. The molecule has 3 N–H and O–H groups in total. The highest BCUT2D eigenvalue weighted by molar-refractivity contribution is 5.76. The lowest BCUT2D eigenvalue weighted by atomic mass is 10.0. The van der Waals surface area contributed by atoms with Crippen molar-refractivity contribution in [3.05, 3.63) is 0 Å². The Balaban J connectivity index is 3.42. The first-order valence-corrected chi connectivity index (χ1v) is 26.3. The van der Waals surface area contributed by atoms with Crippen LogP contribution >= 0.6 is 0 Å². The van der Waals surface area contributed by atoms with Gasteiger partial charge in [-0.1, -0.05) is 258 Å². The number of aliphatic hydroxyl groups excluding tert-OH is 2. The van der Waals surface area contributed by atoms with Gasteiger partial charge in [-0.05, 0) is 25.7 Å². The zero-order valence-corrected chi connectivity index (χ0v) is 39.3. The van der Waals surface area contributed by atoms with Gasteiger partial charge in [0.05, 0.1) is 25.4 Å². The molecule has 2 atom stereocenters. The second-order valence-corrected chi connectivity index (χ2v) is 18.2. The molecule has 58 heavy (non-hydrogen) atoms. The molecule has 0 rings (SSSR count). The maximum Gasteiger partial charge on any atom is 0.305 e. The lowest BCUT2D eigenvalue weighted by molar-refractivity contribution is -0.143. The monoisotopic (exact) mass is 822 g/mol. The minimum Gasteiger partial charge on any atom is -0.466 e. The zero-order valence-electron chi connectivity index (χ0n) is 39.3. The van der Waals surface area contributed by atoms with Gasteiger partial charge in [0.25, 0.3) is 0 Å². The Labute approximate surface area is 362 Å². The Kier molecular flexibility index (Phi) is 47.6. The van der Waals surface area contributed by atoms with Crippen molar-refractivity contribution in [2.75, 3.05) is 13.2 Å². The topological polar surface area (TPSA) is 95.9 Å². The summed E-state index contributed by atoms with van der Waals surface area (Å²) in [7, 11) is 0. The number of unbranched alkanes of at least 4 members (excludes halogenated alkanes) is 38. The summed E-state index contributed by atoms with van der Waals surface area (Å²) in [6.45, 7) is 4.94. The third-order valence-corrected chi connectivity index (χ3v) is 12.4. The SMILES string of the molecule is CCCCCCCCCCCCCCCCCC(=O)OCCCCCCCCCCCCCCCC(=O)NC(CO)C(O)CCCCCCCCCCCCCCC. The van der Waals surface area contributed by atoms with Crippen LogP contribution in [0.1, 0.15) is 296 Å². The van der Waals surface area contributed by atoms with Crippen LogP contribution in [0.25, 0.3) is 0 Å². The Hall–Kier alpha value is -1.14. The van der Waals surface area contributed by atoms with Crippen molar-refractivity contribution < 1.29 is 24.5 Å². The van der Waals surface area contributed by atoms with Gasteiger partial charge in [0.15, 0.2) is 0 Å². The van der Waals surface area contributed by atoms with Gasteiger partial charge < -0.3 is 20.3 Å². The van der Waals surface area contributed by atoms with Crippen LogP contribution in [0.4, 0.5) is 0 Å². The minimum absolute atomic E-state index is 0.00198. The predicted octanol–water partition coefficient (Wildman–Crippen LogP) is 15.6. The van der Waals surface area contributed by atoms with Gasteiger partial charge >= 0.3 is 5.97 Å². The van der Waals surface area contributed by atoms with Crippen molar-refractivity contribution in [2.24, 2.45) is 0 Å². The van der Waals surface area contributed by atoms with Crippen LogP contribution < -0.4 is 5.32 Å². The molecule has 1 amide bonds. The number of ether oxygens (including phenoxy) is 1. The summed E-state index contributed by atoms with van der Waals surface area (Å²) in [6.07, 6.45) is 53.5. The van der Waals surface area contributed by atoms with Crippen molar-refractivity contribution in [1.82, 2.24) is 5.32 Å². The molecule has 0 saturated heterocycles. The molecule has 0 aromatic rings. The van der Waals surface area contributed by atoms with E-state index < -0.39 is 12.1 Å². The van der Waals surface area contributed by atoms with Crippen LogP contribution in [0.5, 0.6) is 0 Å². The molecule has 6 heteroatoms. The molecule has 0 heterocycles. The van der Waals surface area contributed by atoms with E-state index in [9.17, 15) is 19.8 Å². The van der Waals surface area contributed by atoms with Crippen LogP contribution in [0.2, 0.25) is 0 Å². The molecular weight excluding hydrogens is 719 g/mol. The van der Waals surface area contributed by atoms with E-state index in [0.29, 0.717) is 25.9 Å². The molecule has 0 radical (unpaired) electrons. The first-order chi connectivity index (χ1) is 28.5. The third kappa shape index (κ3) is 44.4. The standard InChI is InChI=1S/C52H103NO5/c1-3-5-7-9-11-13-15-17-18-22-26-30-34-38-42-46-52(57)58-47-43-39-35-31-27-23-19-21-25-29-33-37-41-45-51(56)53-49(48-54)50(55)44-40-36-32-28-24-20-16-14-12-10-8-6-4-2/h49-50,54-55H,3-48H2,1-2H3,(H,53,56). The number of nitrogens with one attached hydrogen (secondary N) is 1. The van der Waals surface area contributed by atoms with E-state index in [1.807, 2.05) is 0 Å². The van der Waals surface area contributed by atoms with Crippen LogP contribution in [-0.2, 0) is 14.3 Å². The maximum atomic E-state index is 12.4. The second kappa shape index (κ2) is 48.5. The van der Waals surface area contributed by atoms with Gasteiger partial charge in [-0.25, -0.2) is 0 Å². The summed E-state index contributed by atoms with van der Waals surface area (Å²) < 4.78 is 5.47. The summed E-state index contributed by atoms with van der Waals surface area (Å²) in [4.78, 5) is 24.5. The average Bonchev–Trinajstić information content (AvgIpc) is 3.22. The van der Waals surface area contributed by atoms with Gasteiger partial charge in [-0.2, -0.15) is 0 Å². The Morgan fingerprint density at radius 3 is 1.05 bits per heavy atom. The molecule has 346 valence electrons. The minimum atomic E-state index is -0.670. The number of hydrogen-bond donors (Lipinski definition) is 3. The number of carbonyl (C=O) groups is 2. The zero-order chi connectivity index (χ0) is 42.3. The summed E-state index contributed by atoms with van der Waals surface area (Å²) in [5.74, 6) is -0.0482. The fourth-order valence-corrected chi connectivity index (χ4v) is 8.35. The quantitative estimate of drug-likeness (QED) is 0.0420. The number of amides is 1. The van der Waals surface area contributed by atoms with E-state index in [1.165, 1.54) is 212 Å². The molecule has 0 aromatic heterocycles. The largest absolute Gasteiger partial charge is 0.466 e.